The highest BCUT2D eigenvalue weighted by molar-refractivity contribution is 6.33. The largest absolute Gasteiger partial charge is 0.417 e. The summed E-state index contributed by atoms with van der Waals surface area (Å²) in [7, 11) is 0. The summed E-state index contributed by atoms with van der Waals surface area (Å²) in [5, 5.41) is 2.82. The number of anilines is 1. The van der Waals surface area contributed by atoms with E-state index in [2.05, 4.69) is 10.3 Å². The Hall–Kier alpha value is -1.50. The van der Waals surface area contributed by atoms with Gasteiger partial charge < -0.3 is 10.2 Å². The van der Waals surface area contributed by atoms with E-state index < -0.39 is 11.7 Å². The SMILES string of the molecule is CC(C)N1C[C@H](Nc2ncc(C(F)(F)F)cc2Cl)CC1=O. The van der Waals surface area contributed by atoms with Gasteiger partial charge in [0.05, 0.1) is 16.6 Å². The number of hydrogen-bond acceptors (Lipinski definition) is 3. The molecule has 1 aromatic rings. The first kappa shape index (κ1) is 15.9. The Labute approximate surface area is 125 Å². The molecule has 0 radical (unpaired) electrons. The van der Waals surface area contributed by atoms with Crippen LogP contribution in [0, 0.1) is 0 Å². The molecule has 2 heterocycles. The van der Waals surface area contributed by atoms with Crippen LogP contribution >= 0.6 is 11.6 Å². The van der Waals surface area contributed by atoms with Crippen LogP contribution in [0.2, 0.25) is 5.02 Å². The van der Waals surface area contributed by atoms with Crippen LogP contribution in [0.25, 0.3) is 0 Å². The lowest BCUT2D eigenvalue weighted by molar-refractivity contribution is -0.137. The second kappa shape index (κ2) is 5.71. The van der Waals surface area contributed by atoms with Crippen molar-refractivity contribution < 1.29 is 18.0 Å². The molecular formula is C13H15ClF3N3O. The van der Waals surface area contributed by atoms with E-state index >= 15 is 0 Å². The minimum absolute atomic E-state index is 0.00512. The first-order valence-corrected chi connectivity index (χ1v) is 6.85. The van der Waals surface area contributed by atoms with Crippen molar-refractivity contribution in [2.45, 2.75) is 38.5 Å². The third kappa shape index (κ3) is 3.58. The normalized spacial score (nSPS) is 19.5. The van der Waals surface area contributed by atoms with E-state index in [4.69, 9.17) is 11.6 Å². The van der Waals surface area contributed by atoms with Crippen molar-refractivity contribution in [1.29, 1.82) is 0 Å². The molecule has 1 amide bonds. The minimum atomic E-state index is -4.48. The molecule has 0 aliphatic carbocycles. The molecule has 1 N–H and O–H groups in total. The number of rotatable bonds is 3. The summed E-state index contributed by atoms with van der Waals surface area (Å²) in [4.78, 5) is 17.2. The zero-order valence-corrected chi connectivity index (χ0v) is 12.3. The first-order chi connectivity index (χ1) is 9.68. The van der Waals surface area contributed by atoms with Crippen LogP contribution in [-0.2, 0) is 11.0 Å². The second-order valence-electron chi connectivity index (χ2n) is 5.24. The molecule has 2 rings (SSSR count). The fraction of sp³-hybridized carbons (Fsp3) is 0.538. The molecule has 1 atom stereocenters. The van der Waals surface area contributed by atoms with Crippen molar-refractivity contribution in [2.24, 2.45) is 0 Å². The van der Waals surface area contributed by atoms with E-state index in [1.807, 2.05) is 13.8 Å². The Kier molecular flexibility index (Phi) is 4.32. The zero-order chi connectivity index (χ0) is 15.8. The highest BCUT2D eigenvalue weighted by atomic mass is 35.5. The number of carbonyl (C=O) groups excluding carboxylic acids is 1. The van der Waals surface area contributed by atoms with Gasteiger partial charge in [0.2, 0.25) is 5.91 Å². The molecule has 116 valence electrons. The molecule has 1 aliphatic heterocycles. The Morgan fingerprint density at radius 2 is 2.14 bits per heavy atom. The highest BCUT2D eigenvalue weighted by Crippen LogP contribution is 2.32. The number of hydrogen-bond donors (Lipinski definition) is 1. The summed E-state index contributed by atoms with van der Waals surface area (Å²) < 4.78 is 37.6. The Morgan fingerprint density at radius 1 is 1.48 bits per heavy atom. The van der Waals surface area contributed by atoms with Crippen molar-refractivity contribution >= 4 is 23.3 Å². The Bertz CT molecular complexity index is 548. The van der Waals surface area contributed by atoms with Crippen LogP contribution in [0.15, 0.2) is 12.3 Å². The van der Waals surface area contributed by atoms with Crippen LogP contribution in [0.1, 0.15) is 25.8 Å². The average Bonchev–Trinajstić information content (AvgIpc) is 2.71. The van der Waals surface area contributed by atoms with Crippen molar-refractivity contribution in [2.75, 3.05) is 11.9 Å². The molecule has 0 bridgehead atoms. The fourth-order valence-corrected chi connectivity index (χ4v) is 2.44. The van der Waals surface area contributed by atoms with Crippen molar-refractivity contribution in [1.82, 2.24) is 9.88 Å². The molecule has 0 spiro atoms. The number of nitrogens with one attached hydrogen (secondary N) is 1. The number of pyridine rings is 1. The van der Waals surface area contributed by atoms with Crippen LogP contribution in [0.3, 0.4) is 0 Å². The molecule has 0 saturated carbocycles. The van der Waals surface area contributed by atoms with Gasteiger partial charge >= 0.3 is 6.18 Å². The lowest BCUT2D eigenvalue weighted by Gasteiger charge is -2.21. The van der Waals surface area contributed by atoms with E-state index in [0.717, 1.165) is 12.3 Å². The standard InChI is InChI=1S/C13H15ClF3N3O/c1-7(2)20-6-9(4-11(20)21)19-12-10(14)3-8(5-18-12)13(15,16)17/h3,5,7,9H,4,6H2,1-2H3,(H,18,19)/t9-/m1/s1. The molecule has 1 saturated heterocycles. The van der Waals surface area contributed by atoms with Crippen molar-refractivity contribution in [3.8, 4) is 0 Å². The topological polar surface area (TPSA) is 45.2 Å². The second-order valence-corrected chi connectivity index (χ2v) is 5.64. The van der Waals surface area contributed by atoms with Crippen molar-refractivity contribution in [3.63, 3.8) is 0 Å². The van der Waals surface area contributed by atoms with Gasteiger partial charge in [0.25, 0.3) is 0 Å². The third-order valence-electron chi connectivity index (χ3n) is 3.29. The van der Waals surface area contributed by atoms with E-state index in [1.165, 1.54) is 0 Å². The Balaban J connectivity index is 2.10. The summed E-state index contributed by atoms with van der Waals surface area (Å²) in [5.74, 6) is 0.165. The molecule has 1 aromatic heterocycles. The van der Waals surface area contributed by atoms with Crippen LogP contribution in [0.5, 0.6) is 0 Å². The third-order valence-corrected chi connectivity index (χ3v) is 3.58. The number of halogens is 4. The van der Waals surface area contributed by atoms with Crippen LogP contribution in [0.4, 0.5) is 19.0 Å². The van der Waals surface area contributed by atoms with E-state index in [9.17, 15) is 18.0 Å². The maximum atomic E-state index is 12.5. The molecular weight excluding hydrogens is 307 g/mol. The predicted molar refractivity (Wildman–Crippen MR) is 73.1 cm³/mol. The number of carbonyl (C=O) groups is 1. The van der Waals surface area contributed by atoms with Gasteiger partial charge in [0.1, 0.15) is 5.82 Å². The number of alkyl halides is 3. The van der Waals surface area contributed by atoms with E-state index in [-0.39, 0.29) is 35.3 Å². The lowest BCUT2D eigenvalue weighted by atomic mass is 10.2. The van der Waals surface area contributed by atoms with Gasteiger partial charge in [-0.3, -0.25) is 4.79 Å². The molecule has 1 fully saturated rings. The maximum Gasteiger partial charge on any atom is 0.417 e. The fourth-order valence-electron chi connectivity index (χ4n) is 2.22. The smallest absolute Gasteiger partial charge is 0.364 e. The quantitative estimate of drug-likeness (QED) is 0.930. The monoisotopic (exact) mass is 321 g/mol. The van der Waals surface area contributed by atoms with Gasteiger partial charge in [0, 0.05) is 25.2 Å². The number of amides is 1. The molecule has 21 heavy (non-hydrogen) atoms. The van der Waals surface area contributed by atoms with Gasteiger partial charge in [0.15, 0.2) is 0 Å². The van der Waals surface area contributed by atoms with Crippen molar-refractivity contribution in [3.05, 3.63) is 22.8 Å². The van der Waals surface area contributed by atoms with E-state index in [0.29, 0.717) is 6.54 Å². The molecule has 1 aliphatic rings. The number of aromatic nitrogens is 1. The summed E-state index contributed by atoms with van der Waals surface area (Å²) >= 11 is 5.83. The van der Waals surface area contributed by atoms with E-state index in [1.54, 1.807) is 4.90 Å². The van der Waals surface area contributed by atoms with Crippen LogP contribution in [-0.4, -0.2) is 34.4 Å². The van der Waals surface area contributed by atoms with Gasteiger partial charge in [-0.2, -0.15) is 13.2 Å². The highest BCUT2D eigenvalue weighted by Gasteiger charge is 2.33. The Morgan fingerprint density at radius 3 is 2.62 bits per heavy atom. The summed E-state index contributed by atoms with van der Waals surface area (Å²) in [5.41, 5.74) is -0.899. The van der Waals surface area contributed by atoms with Gasteiger partial charge in [-0.25, -0.2) is 4.98 Å². The first-order valence-electron chi connectivity index (χ1n) is 6.47. The maximum absolute atomic E-state index is 12.5. The number of likely N-dealkylation sites (tertiary alicyclic amines) is 1. The summed E-state index contributed by atoms with van der Waals surface area (Å²) in [6.07, 6.45) is -3.48. The summed E-state index contributed by atoms with van der Waals surface area (Å²) in [6.45, 7) is 4.29. The van der Waals surface area contributed by atoms with Gasteiger partial charge in [-0.05, 0) is 19.9 Å². The lowest BCUT2D eigenvalue weighted by Crippen LogP contribution is -2.33. The van der Waals surface area contributed by atoms with Crippen LogP contribution < -0.4 is 5.32 Å². The van der Waals surface area contributed by atoms with Gasteiger partial charge in [-0.1, -0.05) is 11.6 Å². The average molecular weight is 322 g/mol. The van der Waals surface area contributed by atoms with Gasteiger partial charge in [-0.15, -0.1) is 0 Å². The summed E-state index contributed by atoms with van der Waals surface area (Å²) in [6, 6.07) is 0.704. The minimum Gasteiger partial charge on any atom is -0.364 e. The molecule has 4 nitrogen and oxygen atoms in total. The molecule has 0 unspecified atom stereocenters. The zero-order valence-electron chi connectivity index (χ0n) is 11.5. The molecule has 8 heteroatoms. The predicted octanol–water partition coefficient (Wildman–Crippen LogP) is 3.18. The molecule has 0 aromatic carbocycles. The number of nitrogens with zero attached hydrogens (tertiary/aromatic N) is 2.